The molecule has 1 aliphatic heterocycles. The van der Waals surface area contributed by atoms with Gasteiger partial charge in [-0.05, 0) is 131 Å². The number of aliphatic hydroxyl groups is 2. The van der Waals surface area contributed by atoms with Gasteiger partial charge in [0.25, 0.3) is 0 Å². The zero-order valence-electron chi connectivity index (χ0n) is 48.0. The summed E-state index contributed by atoms with van der Waals surface area (Å²) in [5.74, 6) is -1.67. The zero-order chi connectivity index (χ0) is 57.3. The molecule has 0 bridgehead atoms. The maximum absolute atomic E-state index is 15.4. The average Bonchev–Trinajstić information content (AvgIpc) is 2.57. The largest absolute Gasteiger partial charge is 1.00 e. The normalized spacial score (nSPS) is 28.8. The second-order valence-corrected chi connectivity index (χ2v) is 26.0. The lowest BCUT2D eigenvalue weighted by Crippen LogP contribution is -3.00. The number of nitrogens with two attached hydrogens (primary N) is 1. The van der Waals surface area contributed by atoms with Crippen LogP contribution in [0.25, 0.3) is 0 Å². The number of carbonyl (C=O) groups excluding carboxylic acids is 3. The van der Waals surface area contributed by atoms with Crippen molar-refractivity contribution in [3.8, 4) is 5.75 Å². The van der Waals surface area contributed by atoms with Crippen LogP contribution >= 0.6 is 7.82 Å². The van der Waals surface area contributed by atoms with Crippen LogP contribution in [0.5, 0.6) is 5.75 Å². The van der Waals surface area contributed by atoms with E-state index in [0.717, 1.165) is 102 Å². The summed E-state index contributed by atoms with van der Waals surface area (Å²) < 4.78 is 43.5. The molecule has 5 fully saturated rings. The van der Waals surface area contributed by atoms with Gasteiger partial charge in [0, 0.05) is 61.0 Å². The van der Waals surface area contributed by atoms with Crippen LogP contribution in [0.4, 0.5) is 0 Å². The van der Waals surface area contributed by atoms with Gasteiger partial charge in [-0.3, -0.25) is 24.8 Å². The third-order valence-corrected chi connectivity index (χ3v) is 19.4. The van der Waals surface area contributed by atoms with Crippen LogP contribution in [0, 0.1) is 39.9 Å². The number of aliphatic hydroxyl groups excluding tert-OH is 2. The van der Waals surface area contributed by atoms with E-state index in [2.05, 4.69) is 48.7 Å². The fraction of sp³-hybridized carbons (Fsp3) is 0.672. The van der Waals surface area contributed by atoms with Gasteiger partial charge in [0.05, 0.1) is 32.4 Å². The molecule has 8 rings (SSSR count). The van der Waals surface area contributed by atoms with E-state index in [1.807, 2.05) is 12.1 Å². The highest BCUT2D eigenvalue weighted by Gasteiger charge is 2.76. The number of likely N-dealkylation sites (N-methyl/N-ethyl adjacent to an activating group) is 1. The van der Waals surface area contributed by atoms with Gasteiger partial charge >= 0.3 is 13.8 Å². The Hall–Kier alpha value is -4.04. The Morgan fingerprint density at radius 2 is 1.69 bits per heavy atom. The van der Waals surface area contributed by atoms with E-state index in [0.29, 0.717) is 36.9 Å². The number of Topliss-reactive ketones (excluding diaryl/α,β-unsaturated/α-hetero) is 1. The Balaban J connectivity index is 0.00000946. The van der Waals surface area contributed by atoms with E-state index < -0.39 is 73.3 Å². The Morgan fingerprint density at radius 1 is 0.963 bits per heavy atom. The average molecular weight is 1170 g/mol. The molecule has 9 N–H and O–H groups in total. The summed E-state index contributed by atoms with van der Waals surface area (Å²) in [6, 6.07) is 14.1. The number of fused-ring (bicyclic) bond motifs is 7. The SMILES string of the molecule is C[C@]12C=CC(=O)C=C1CCC1C2[C@@H](O)C[C@@]2(C)C1C[C@@H]1O[C@@H](C3CCCCC3)O[C@]12C(=O)COC(=O)C(CCCNC(=N)N)[N+](C)(C)Cc1cc(C(O)CNCCCCCCOCCCCc2ccccc2)ccc1OP(=O)(O)O.[Cl-]. The molecule has 450 valence electrons. The molecule has 0 radical (unpaired) electrons. The number of guanidine groups is 1. The molecule has 0 amide bonds. The minimum atomic E-state index is -5.06. The third kappa shape index (κ3) is 15.3. The van der Waals surface area contributed by atoms with Crippen molar-refractivity contribution in [3.05, 3.63) is 89.0 Å². The standard InChI is InChI=1S/C61H90N5O13P.ClH/c1-59-29-28-46(67)35-45(59)25-26-47-48-36-54-61(60(48,2)37-50(68)55(47)59,78-57(77-54)42-21-11-8-12-22-42)53(70)40-76-56(71)49(23-17-31-65-58(62)63)66(3,4)39-44-34-43(24-27-52(44)79-80(72,73)74)51(69)38-64-30-14-5-6-15-32-75-33-16-13-20-41-18-9-7-10-19-41;/h7,9-10,18-19,24,27-29,34-35,42,47-51,54-55,57,64,68-69H,5-6,8,11-17,20-23,25-26,30-33,36-40H2,1-4H3,(H5-,62,63,65,72,73,74);1H/t47?,48?,49?,50-,51?,54-,55?,57+,59-,60-,61+;/m0./s1. The van der Waals surface area contributed by atoms with Crippen molar-refractivity contribution in [2.75, 3.05) is 53.6 Å². The van der Waals surface area contributed by atoms with Crippen molar-refractivity contribution < 1.29 is 79.3 Å². The molecule has 11 atom stereocenters. The number of nitrogens with one attached hydrogen (secondary N) is 3. The van der Waals surface area contributed by atoms with Crippen molar-refractivity contribution >= 4 is 31.3 Å². The predicted molar refractivity (Wildman–Crippen MR) is 303 cm³/mol. The van der Waals surface area contributed by atoms with E-state index in [4.69, 9.17) is 34.6 Å². The summed E-state index contributed by atoms with van der Waals surface area (Å²) in [5.41, 5.74) is 5.88. The highest BCUT2D eigenvalue weighted by Crippen LogP contribution is 2.70. The number of quaternary nitrogens is 1. The molecule has 18 nitrogen and oxygen atoms in total. The lowest BCUT2D eigenvalue weighted by Gasteiger charge is -2.59. The summed E-state index contributed by atoms with van der Waals surface area (Å²) in [4.78, 5) is 62.8. The molecule has 2 aromatic rings. The van der Waals surface area contributed by atoms with Gasteiger partial charge in [-0.2, -0.15) is 0 Å². The van der Waals surface area contributed by atoms with Crippen LogP contribution in [0.2, 0.25) is 0 Å². The predicted octanol–water partition coefficient (Wildman–Crippen LogP) is 4.65. The fourth-order valence-electron chi connectivity index (χ4n) is 15.0. The lowest BCUT2D eigenvalue weighted by atomic mass is 9.46. The van der Waals surface area contributed by atoms with Crippen LogP contribution in [-0.4, -0.2) is 132 Å². The topological polar surface area (TPSA) is 269 Å². The summed E-state index contributed by atoms with van der Waals surface area (Å²) in [6.07, 6.45) is 17.1. The highest BCUT2D eigenvalue weighted by molar-refractivity contribution is 7.46. The number of ketones is 2. The van der Waals surface area contributed by atoms with Crippen LogP contribution in [0.1, 0.15) is 146 Å². The Morgan fingerprint density at radius 3 is 2.42 bits per heavy atom. The second-order valence-electron chi connectivity index (χ2n) is 24.8. The molecule has 2 aromatic carbocycles. The van der Waals surface area contributed by atoms with Crippen molar-refractivity contribution in [2.45, 2.75) is 172 Å². The molecule has 5 aliphatic carbocycles. The van der Waals surface area contributed by atoms with E-state index >= 15 is 4.79 Å². The Labute approximate surface area is 485 Å². The van der Waals surface area contributed by atoms with Crippen LogP contribution in [-0.2, 0) is 50.9 Å². The summed E-state index contributed by atoms with van der Waals surface area (Å²) in [6.45, 7) is 6.20. The van der Waals surface area contributed by atoms with Gasteiger partial charge in [-0.15, -0.1) is 0 Å². The first-order valence-electron chi connectivity index (χ1n) is 29.6. The first-order valence-corrected chi connectivity index (χ1v) is 31.1. The number of ether oxygens (including phenoxy) is 4. The number of halogens is 1. The van der Waals surface area contributed by atoms with Crippen LogP contribution in [0.3, 0.4) is 0 Å². The summed E-state index contributed by atoms with van der Waals surface area (Å²) >= 11 is 0. The number of phosphoric acid groups is 1. The van der Waals surface area contributed by atoms with Gasteiger partial charge in [0.2, 0.25) is 5.78 Å². The van der Waals surface area contributed by atoms with E-state index in [1.54, 1.807) is 38.4 Å². The number of benzene rings is 2. The Bertz CT molecular complexity index is 2580. The van der Waals surface area contributed by atoms with Crippen molar-refractivity contribution in [1.29, 1.82) is 5.41 Å². The van der Waals surface area contributed by atoms with Crippen molar-refractivity contribution in [3.63, 3.8) is 0 Å². The molecule has 0 aromatic heterocycles. The molecule has 1 saturated heterocycles. The molecule has 5 unspecified atom stereocenters. The first kappa shape index (κ1) is 64.5. The maximum atomic E-state index is 15.4. The number of aryl methyl sites for hydroxylation is 1. The van der Waals surface area contributed by atoms with Gasteiger partial charge in [-0.1, -0.05) is 94.0 Å². The number of nitrogens with zero attached hydrogens (tertiary/aromatic N) is 1. The number of unbranched alkanes of at least 4 members (excludes halogenated alkanes) is 4. The molecule has 4 saturated carbocycles. The molecule has 0 spiro atoms. The molecular formula is C61H91ClN5O13P. The monoisotopic (exact) mass is 1170 g/mol. The number of hydrogen-bond donors (Lipinski definition) is 8. The number of phosphoric ester groups is 1. The van der Waals surface area contributed by atoms with Crippen LogP contribution in [0.15, 0.2) is 72.3 Å². The minimum Gasteiger partial charge on any atom is -1.00 e. The number of carbonyl (C=O) groups is 3. The van der Waals surface area contributed by atoms with Gasteiger partial charge in [0.15, 0.2) is 36.3 Å². The highest BCUT2D eigenvalue weighted by atomic mass is 35.5. The van der Waals surface area contributed by atoms with E-state index in [9.17, 15) is 34.2 Å². The summed E-state index contributed by atoms with van der Waals surface area (Å²) in [5, 5.41) is 37.6. The molecule has 81 heavy (non-hydrogen) atoms. The minimum absolute atomic E-state index is 0. The molecule has 20 heteroatoms. The number of hydrogen-bond acceptors (Lipinski definition) is 13. The van der Waals surface area contributed by atoms with Crippen molar-refractivity contribution in [2.24, 2.45) is 40.2 Å². The second kappa shape index (κ2) is 28.2. The first-order chi connectivity index (χ1) is 38.1. The Kier molecular flexibility index (Phi) is 22.5. The van der Waals surface area contributed by atoms with Gasteiger partial charge in [0.1, 0.15) is 12.3 Å². The zero-order valence-corrected chi connectivity index (χ0v) is 49.7. The third-order valence-electron chi connectivity index (χ3n) is 19.0. The number of esters is 1. The molecule has 1 heterocycles. The molecule has 6 aliphatic rings. The van der Waals surface area contributed by atoms with E-state index in [1.165, 1.54) is 11.6 Å². The van der Waals surface area contributed by atoms with E-state index in [-0.39, 0.29) is 90.5 Å². The van der Waals surface area contributed by atoms with Gasteiger partial charge in [-0.25, -0.2) is 9.36 Å². The summed E-state index contributed by atoms with van der Waals surface area (Å²) in [7, 11) is -1.50. The van der Waals surface area contributed by atoms with Crippen molar-refractivity contribution in [1.82, 2.24) is 10.6 Å². The van der Waals surface area contributed by atoms with Crippen LogP contribution < -0.4 is 33.3 Å². The maximum Gasteiger partial charge on any atom is 0.524 e. The quantitative estimate of drug-likeness (QED) is 0.0138. The number of rotatable bonds is 29. The fourth-order valence-corrected chi connectivity index (χ4v) is 15.4. The molecular weight excluding hydrogens is 1080 g/mol. The lowest BCUT2D eigenvalue weighted by molar-refractivity contribution is -0.920. The smallest absolute Gasteiger partial charge is 0.524 e. The van der Waals surface area contributed by atoms with Gasteiger partial charge < -0.3 is 66.9 Å². The number of allylic oxidation sites excluding steroid dienone is 4.